The minimum Gasteiger partial charge on any atom is -0.478 e. The number of aromatic carboxylic acids is 1. The number of hydrogen-bond donors (Lipinski definition) is 2. The van der Waals surface area contributed by atoms with Gasteiger partial charge in [-0.1, -0.05) is 29.8 Å². The SMILES string of the molecule is N#C/C(=C\c1ccc(-c2cccc(C(=O)O)c2)o1)C(=O)Nc1cccc(Cl)c1. The largest absolute Gasteiger partial charge is 0.478 e. The van der Waals surface area contributed by atoms with Crippen molar-refractivity contribution in [2.75, 3.05) is 5.32 Å². The van der Waals surface area contributed by atoms with Crippen LogP contribution in [0.3, 0.4) is 0 Å². The van der Waals surface area contributed by atoms with Crippen LogP contribution >= 0.6 is 11.6 Å². The Labute approximate surface area is 165 Å². The molecule has 0 aliphatic rings. The van der Waals surface area contributed by atoms with Gasteiger partial charge in [0.1, 0.15) is 23.2 Å². The van der Waals surface area contributed by atoms with Crippen LogP contribution in [0.5, 0.6) is 0 Å². The molecular weight excluding hydrogens is 380 g/mol. The van der Waals surface area contributed by atoms with Crippen LogP contribution in [0.25, 0.3) is 17.4 Å². The maximum Gasteiger partial charge on any atom is 0.335 e. The number of furan rings is 1. The van der Waals surface area contributed by atoms with E-state index >= 15 is 0 Å². The van der Waals surface area contributed by atoms with Gasteiger partial charge in [0, 0.05) is 22.3 Å². The summed E-state index contributed by atoms with van der Waals surface area (Å²) in [4.78, 5) is 23.4. The predicted molar refractivity (Wildman–Crippen MR) is 105 cm³/mol. The number of carbonyl (C=O) groups excluding carboxylic acids is 1. The Morgan fingerprint density at radius 3 is 2.61 bits per heavy atom. The van der Waals surface area contributed by atoms with E-state index in [4.69, 9.17) is 21.1 Å². The number of halogens is 1. The number of benzene rings is 2. The molecule has 138 valence electrons. The number of nitrogens with zero attached hydrogens (tertiary/aromatic N) is 1. The second kappa shape index (κ2) is 8.25. The molecule has 28 heavy (non-hydrogen) atoms. The summed E-state index contributed by atoms with van der Waals surface area (Å²) in [6.07, 6.45) is 1.31. The fourth-order valence-electron chi connectivity index (χ4n) is 2.45. The summed E-state index contributed by atoms with van der Waals surface area (Å²) >= 11 is 5.88. The molecule has 0 fully saturated rings. The highest BCUT2D eigenvalue weighted by molar-refractivity contribution is 6.31. The Bertz CT molecular complexity index is 1130. The van der Waals surface area contributed by atoms with E-state index in [1.807, 2.05) is 6.07 Å². The summed E-state index contributed by atoms with van der Waals surface area (Å²) in [6, 6.07) is 17.9. The Balaban J connectivity index is 1.82. The molecule has 1 amide bonds. The molecule has 0 unspecified atom stereocenters. The van der Waals surface area contributed by atoms with Gasteiger partial charge in [0.15, 0.2) is 0 Å². The smallest absolute Gasteiger partial charge is 0.335 e. The number of carboxylic acid groups (broad SMARTS) is 1. The van der Waals surface area contributed by atoms with Gasteiger partial charge in [-0.05, 0) is 42.5 Å². The van der Waals surface area contributed by atoms with Crippen LogP contribution in [0.4, 0.5) is 5.69 Å². The highest BCUT2D eigenvalue weighted by Gasteiger charge is 2.12. The number of nitriles is 1. The van der Waals surface area contributed by atoms with E-state index < -0.39 is 11.9 Å². The van der Waals surface area contributed by atoms with Crippen LogP contribution in [0.1, 0.15) is 16.1 Å². The minimum absolute atomic E-state index is 0.129. The number of carboxylic acids is 1. The zero-order valence-corrected chi connectivity index (χ0v) is 15.1. The minimum atomic E-state index is -1.04. The molecule has 0 saturated carbocycles. The molecular formula is C21H13ClN2O4. The number of hydrogen-bond acceptors (Lipinski definition) is 4. The van der Waals surface area contributed by atoms with Crippen molar-refractivity contribution in [2.24, 2.45) is 0 Å². The third-order valence-electron chi connectivity index (χ3n) is 3.75. The van der Waals surface area contributed by atoms with Crippen molar-refractivity contribution in [3.8, 4) is 17.4 Å². The van der Waals surface area contributed by atoms with Gasteiger partial charge < -0.3 is 14.8 Å². The van der Waals surface area contributed by atoms with Gasteiger partial charge in [0.25, 0.3) is 5.91 Å². The van der Waals surface area contributed by atoms with E-state index in [-0.39, 0.29) is 16.9 Å². The first-order chi connectivity index (χ1) is 13.5. The zero-order chi connectivity index (χ0) is 20.1. The molecule has 7 heteroatoms. The molecule has 0 spiro atoms. The van der Waals surface area contributed by atoms with Gasteiger partial charge in [-0.15, -0.1) is 0 Å². The fourth-order valence-corrected chi connectivity index (χ4v) is 2.64. The molecule has 1 heterocycles. The van der Waals surface area contributed by atoms with Crippen molar-refractivity contribution in [3.63, 3.8) is 0 Å². The first-order valence-electron chi connectivity index (χ1n) is 8.08. The van der Waals surface area contributed by atoms with Crippen molar-refractivity contribution in [2.45, 2.75) is 0 Å². The monoisotopic (exact) mass is 392 g/mol. The van der Waals surface area contributed by atoms with E-state index in [0.717, 1.165) is 0 Å². The van der Waals surface area contributed by atoms with Crippen molar-refractivity contribution in [1.82, 2.24) is 0 Å². The lowest BCUT2D eigenvalue weighted by atomic mass is 10.1. The summed E-state index contributed by atoms with van der Waals surface area (Å²) < 4.78 is 5.63. The Morgan fingerprint density at radius 1 is 1.11 bits per heavy atom. The zero-order valence-electron chi connectivity index (χ0n) is 14.3. The normalized spacial score (nSPS) is 10.9. The first-order valence-corrected chi connectivity index (χ1v) is 8.46. The molecule has 1 aromatic heterocycles. The third kappa shape index (κ3) is 4.47. The number of carbonyl (C=O) groups is 2. The molecule has 3 aromatic rings. The number of nitrogens with one attached hydrogen (secondary N) is 1. The van der Waals surface area contributed by atoms with E-state index in [2.05, 4.69) is 5.32 Å². The van der Waals surface area contributed by atoms with E-state index in [1.165, 1.54) is 18.2 Å². The maximum atomic E-state index is 12.3. The van der Waals surface area contributed by atoms with Gasteiger partial charge in [-0.3, -0.25) is 4.79 Å². The van der Waals surface area contributed by atoms with Crippen molar-refractivity contribution in [1.29, 1.82) is 5.26 Å². The fraction of sp³-hybridized carbons (Fsp3) is 0. The lowest BCUT2D eigenvalue weighted by molar-refractivity contribution is -0.112. The third-order valence-corrected chi connectivity index (χ3v) is 3.99. The standard InChI is InChI=1S/C21H13ClN2O4/c22-16-5-2-6-17(11-16)24-20(25)15(12-23)10-18-7-8-19(28-18)13-3-1-4-14(9-13)21(26)27/h1-11H,(H,24,25)(H,26,27)/b15-10+. The summed E-state index contributed by atoms with van der Waals surface area (Å²) in [5.74, 6) is -0.941. The molecule has 0 bridgehead atoms. The van der Waals surface area contributed by atoms with Crippen LogP contribution in [-0.4, -0.2) is 17.0 Å². The molecule has 0 atom stereocenters. The quantitative estimate of drug-likeness (QED) is 0.477. The summed E-state index contributed by atoms with van der Waals surface area (Å²) in [6.45, 7) is 0. The lowest BCUT2D eigenvalue weighted by Crippen LogP contribution is -2.13. The van der Waals surface area contributed by atoms with Gasteiger partial charge in [0.2, 0.25) is 0 Å². The van der Waals surface area contributed by atoms with Crippen molar-refractivity contribution in [3.05, 3.63) is 82.6 Å². The van der Waals surface area contributed by atoms with Crippen LogP contribution in [-0.2, 0) is 4.79 Å². The second-order valence-electron chi connectivity index (χ2n) is 5.72. The maximum absolute atomic E-state index is 12.3. The number of rotatable bonds is 5. The molecule has 0 aliphatic carbocycles. The van der Waals surface area contributed by atoms with Crippen molar-refractivity contribution >= 4 is 35.2 Å². The molecule has 2 N–H and O–H groups in total. The van der Waals surface area contributed by atoms with E-state index in [9.17, 15) is 14.9 Å². The number of anilines is 1. The summed E-state index contributed by atoms with van der Waals surface area (Å²) in [5.41, 5.74) is 1.01. The molecule has 0 saturated heterocycles. The molecule has 2 aromatic carbocycles. The first kappa shape index (κ1) is 19.0. The second-order valence-corrected chi connectivity index (χ2v) is 6.16. The molecule has 0 radical (unpaired) electrons. The molecule has 3 rings (SSSR count). The van der Waals surface area contributed by atoms with Crippen LogP contribution < -0.4 is 5.32 Å². The average Bonchev–Trinajstić information content (AvgIpc) is 3.15. The lowest BCUT2D eigenvalue weighted by Gasteiger charge is -2.04. The van der Waals surface area contributed by atoms with Gasteiger partial charge >= 0.3 is 5.97 Å². The van der Waals surface area contributed by atoms with Crippen LogP contribution in [0.15, 0.2) is 70.7 Å². The highest BCUT2D eigenvalue weighted by Crippen LogP contribution is 2.24. The Kier molecular flexibility index (Phi) is 5.58. The molecule has 6 nitrogen and oxygen atoms in total. The van der Waals surface area contributed by atoms with Crippen molar-refractivity contribution < 1.29 is 19.1 Å². The Hall–Kier alpha value is -3.82. The van der Waals surface area contributed by atoms with Crippen LogP contribution in [0, 0.1) is 11.3 Å². The van der Waals surface area contributed by atoms with Gasteiger partial charge in [-0.2, -0.15) is 5.26 Å². The average molecular weight is 393 g/mol. The van der Waals surface area contributed by atoms with Gasteiger partial charge in [-0.25, -0.2) is 4.79 Å². The number of amides is 1. The van der Waals surface area contributed by atoms with Crippen LogP contribution in [0.2, 0.25) is 5.02 Å². The summed E-state index contributed by atoms with van der Waals surface area (Å²) in [7, 11) is 0. The molecule has 0 aliphatic heterocycles. The Morgan fingerprint density at radius 2 is 1.89 bits per heavy atom. The van der Waals surface area contributed by atoms with E-state index in [0.29, 0.717) is 22.0 Å². The predicted octanol–water partition coefficient (Wildman–Crippen LogP) is 4.84. The summed E-state index contributed by atoms with van der Waals surface area (Å²) in [5, 5.41) is 21.4. The van der Waals surface area contributed by atoms with E-state index in [1.54, 1.807) is 48.5 Å². The topological polar surface area (TPSA) is 103 Å². The van der Waals surface area contributed by atoms with Gasteiger partial charge in [0.05, 0.1) is 5.56 Å². The highest BCUT2D eigenvalue weighted by atomic mass is 35.5.